The van der Waals surface area contributed by atoms with Crippen LogP contribution < -0.4 is 0 Å². The number of halogens is 1. The lowest BCUT2D eigenvalue weighted by atomic mass is 9.57. The molecule has 2 aliphatic carbocycles. The highest BCUT2D eigenvalue weighted by Gasteiger charge is 2.42. The van der Waals surface area contributed by atoms with Crippen molar-refractivity contribution in [2.75, 3.05) is 0 Å². The van der Waals surface area contributed by atoms with E-state index >= 15 is 0 Å². The minimum Gasteiger partial charge on any atom is -0.255 e. The van der Waals surface area contributed by atoms with Crippen LogP contribution in [0, 0.1) is 5.92 Å². The second-order valence-electron chi connectivity index (χ2n) is 7.37. The smallest absolute Gasteiger partial charge is 0.0702 e. The van der Waals surface area contributed by atoms with Crippen LogP contribution in [0.15, 0.2) is 41.0 Å². The molecule has 1 aromatic carbocycles. The van der Waals surface area contributed by atoms with E-state index in [1.165, 1.54) is 31.2 Å². The average molecular weight is 356 g/mol. The van der Waals surface area contributed by atoms with Crippen molar-refractivity contribution in [2.45, 2.75) is 50.9 Å². The van der Waals surface area contributed by atoms with Crippen molar-refractivity contribution in [1.29, 1.82) is 0 Å². The number of fused-ring (bicyclic) bond motifs is 4. The normalized spacial score (nSPS) is 30.0. The van der Waals surface area contributed by atoms with E-state index < -0.39 is 0 Å². The molecule has 114 valence electrons. The Morgan fingerprint density at radius 3 is 2.86 bits per heavy atom. The van der Waals surface area contributed by atoms with Crippen molar-refractivity contribution in [3.05, 3.63) is 52.1 Å². The lowest BCUT2D eigenvalue weighted by molar-refractivity contribution is 0.191. The zero-order valence-electron chi connectivity index (χ0n) is 13.3. The van der Waals surface area contributed by atoms with Gasteiger partial charge in [0, 0.05) is 16.2 Å². The molecule has 2 aromatic rings. The predicted octanol–water partition coefficient (Wildman–Crippen LogP) is 6.08. The van der Waals surface area contributed by atoms with Gasteiger partial charge in [-0.1, -0.05) is 32.4 Å². The first kappa shape index (κ1) is 14.4. The van der Waals surface area contributed by atoms with Crippen LogP contribution in [0.25, 0.3) is 11.3 Å². The monoisotopic (exact) mass is 355 g/mol. The molecule has 0 spiro atoms. The summed E-state index contributed by atoms with van der Waals surface area (Å²) >= 11 is 3.46. The van der Waals surface area contributed by atoms with E-state index in [1.807, 2.05) is 6.20 Å². The van der Waals surface area contributed by atoms with Crippen LogP contribution in [0.1, 0.15) is 56.6 Å². The van der Waals surface area contributed by atoms with Gasteiger partial charge in [-0.2, -0.15) is 0 Å². The molecule has 0 aliphatic heterocycles. The van der Waals surface area contributed by atoms with Crippen molar-refractivity contribution < 1.29 is 0 Å². The third kappa shape index (κ3) is 2.23. The molecule has 3 atom stereocenters. The third-order valence-corrected chi connectivity index (χ3v) is 6.41. The lowest BCUT2D eigenvalue weighted by Gasteiger charge is -2.47. The van der Waals surface area contributed by atoms with Crippen LogP contribution >= 0.6 is 15.9 Å². The van der Waals surface area contributed by atoms with Gasteiger partial charge in [-0.05, 0) is 81.8 Å². The van der Waals surface area contributed by atoms with Gasteiger partial charge in [-0.25, -0.2) is 0 Å². The molecule has 2 heteroatoms. The topological polar surface area (TPSA) is 12.9 Å². The molecule has 22 heavy (non-hydrogen) atoms. The first-order valence-corrected chi connectivity index (χ1v) is 9.12. The number of hydrogen-bond donors (Lipinski definition) is 0. The maximum absolute atomic E-state index is 4.57. The van der Waals surface area contributed by atoms with Gasteiger partial charge >= 0.3 is 0 Å². The summed E-state index contributed by atoms with van der Waals surface area (Å²) < 4.78 is 1.03. The van der Waals surface area contributed by atoms with Gasteiger partial charge in [0.05, 0.1) is 5.69 Å². The molecule has 3 unspecified atom stereocenters. The number of rotatable bonds is 1. The van der Waals surface area contributed by atoms with Gasteiger partial charge in [-0.15, -0.1) is 0 Å². The van der Waals surface area contributed by atoms with Gasteiger partial charge in [0.25, 0.3) is 0 Å². The zero-order chi connectivity index (χ0) is 15.3. The number of aromatic nitrogens is 1. The molecule has 0 amide bonds. The highest BCUT2D eigenvalue weighted by atomic mass is 79.9. The first-order chi connectivity index (χ1) is 10.6. The summed E-state index contributed by atoms with van der Waals surface area (Å²) in [7, 11) is 0. The van der Waals surface area contributed by atoms with E-state index in [-0.39, 0.29) is 0 Å². The Bertz CT molecular complexity index is 706. The molecule has 2 aliphatic rings. The molecule has 0 radical (unpaired) electrons. The molecular formula is C20H22BrN. The van der Waals surface area contributed by atoms with Crippen LogP contribution in [0.4, 0.5) is 0 Å². The summed E-state index contributed by atoms with van der Waals surface area (Å²) in [6.45, 7) is 4.90. The summed E-state index contributed by atoms with van der Waals surface area (Å²) in [5, 5.41) is 0. The standard InChI is InChI=1S/C20H22BrN/c1-13-15-4-3-9-20(2,11-15)18-7-5-14(10-17(13)18)19-8-6-16(21)12-22-19/h5-8,10,12-13,15H,3-4,9,11H2,1-2H3. The first-order valence-electron chi connectivity index (χ1n) is 8.33. The summed E-state index contributed by atoms with van der Waals surface area (Å²) in [6.07, 6.45) is 7.39. The molecule has 1 nitrogen and oxygen atoms in total. The summed E-state index contributed by atoms with van der Waals surface area (Å²) in [5.74, 6) is 1.54. The third-order valence-electron chi connectivity index (χ3n) is 5.94. The van der Waals surface area contributed by atoms with Gasteiger partial charge in [0.2, 0.25) is 0 Å². The lowest BCUT2D eigenvalue weighted by Crippen LogP contribution is -2.37. The average Bonchev–Trinajstić information content (AvgIpc) is 2.53. The Hall–Kier alpha value is -1.15. The molecular weight excluding hydrogens is 334 g/mol. The Morgan fingerprint density at radius 2 is 2.09 bits per heavy atom. The summed E-state index contributed by atoms with van der Waals surface area (Å²) in [4.78, 5) is 4.57. The predicted molar refractivity (Wildman–Crippen MR) is 95.1 cm³/mol. The van der Waals surface area contributed by atoms with Crippen molar-refractivity contribution in [2.24, 2.45) is 5.92 Å². The molecule has 1 heterocycles. The maximum Gasteiger partial charge on any atom is 0.0702 e. The van der Waals surface area contributed by atoms with Crippen LogP contribution in [0.2, 0.25) is 0 Å². The van der Waals surface area contributed by atoms with Crippen LogP contribution in [-0.2, 0) is 5.41 Å². The maximum atomic E-state index is 4.57. The molecule has 0 saturated heterocycles. The van der Waals surface area contributed by atoms with E-state index in [0.29, 0.717) is 11.3 Å². The fourth-order valence-corrected chi connectivity index (χ4v) is 4.89. The van der Waals surface area contributed by atoms with E-state index in [4.69, 9.17) is 0 Å². The second kappa shape index (κ2) is 5.19. The fraction of sp³-hybridized carbons (Fsp3) is 0.450. The van der Waals surface area contributed by atoms with Crippen LogP contribution in [0.3, 0.4) is 0 Å². The summed E-state index contributed by atoms with van der Waals surface area (Å²) in [6, 6.07) is 11.2. The number of hydrogen-bond acceptors (Lipinski definition) is 1. The van der Waals surface area contributed by atoms with Crippen LogP contribution in [0.5, 0.6) is 0 Å². The van der Waals surface area contributed by atoms with Crippen molar-refractivity contribution in [1.82, 2.24) is 4.98 Å². The minimum absolute atomic E-state index is 0.399. The van der Waals surface area contributed by atoms with E-state index in [0.717, 1.165) is 16.1 Å². The fourth-order valence-electron chi connectivity index (χ4n) is 4.66. The number of pyridine rings is 1. The van der Waals surface area contributed by atoms with Crippen molar-refractivity contribution in [3.8, 4) is 11.3 Å². The Morgan fingerprint density at radius 1 is 1.23 bits per heavy atom. The van der Waals surface area contributed by atoms with Gasteiger partial charge in [0.15, 0.2) is 0 Å². The van der Waals surface area contributed by atoms with Gasteiger partial charge in [-0.3, -0.25) is 4.98 Å². The zero-order valence-corrected chi connectivity index (χ0v) is 14.9. The Balaban J connectivity index is 1.82. The van der Waals surface area contributed by atoms with E-state index in [1.54, 1.807) is 11.1 Å². The molecule has 1 aromatic heterocycles. The quantitative estimate of drug-likeness (QED) is 0.604. The number of benzene rings is 1. The minimum atomic E-state index is 0.399. The number of nitrogens with zero attached hydrogens (tertiary/aromatic N) is 1. The van der Waals surface area contributed by atoms with Gasteiger partial charge < -0.3 is 0 Å². The molecule has 1 saturated carbocycles. The Labute approximate surface area is 141 Å². The van der Waals surface area contributed by atoms with Crippen molar-refractivity contribution in [3.63, 3.8) is 0 Å². The highest BCUT2D eigenvalue weighted by molar-refractivity contribution is 9.10. The largest absolute Gasteiger partial charge is 0.255 e. The molecule has 4 rings (SSSR count). The van der Waals surface area contributed by atoms with E-state index in [2.05, 4.69) is 65.1 Å². The van der Waals surface area contributed by atoms with Gasteiger partial charge in [0.1, 0.15) is 0 Å². The highest BCUT2D eigenvalue weighted by Crippen LogP contribution is 2.53. The molecule has 2 bridgehead atoms. The SMILES string of the molecule is CC1c2cc(-c3ccc(Br)cn3)ccc2C2(C)CCCC1C2. The van der Waals surface area contributed by atoms with Crippen LogP contribution in [-0.4, -0.2) is 4.98 Å². The van der Waals surface area contributed by atoms with Crippen molar-refractivity contribution >= 4 is 15.9 Å². The summed E-state index contributed by atoms with van der Waals surface area (Å²) in [5.41, 5.74) is 5.88. The van der Waals surface area contributed by atoms with E-state index in [9.17, 15) is 0 Å². The molecule has 0 N–H and O–H groups in total. The Kier molecular flexibility index (Phi) is 3.41. The molecule has 1 fully saturated rings. The second-order valence-corrected chi connectivity index (χ2v) is 8.29.